The Labute approximate surface area is 87.3 Å². The minimum atomic E-state index is -0.593. The van der Waals surface area contributed by atoms with E-state index in [2.05, 4.69) is 4.98 Å². The lowest BCUT2D eigenvalue weighted by Crippen LogP contribution is -2.09. The monoisotopic (exact) mass is 211 g/mol. The number of rotatable bonds is 3. The van der Waals surface area contributed by atoms with Crippen LogP contribution in [0.1, 0.15) is 28.5 Å². The van der Waals surface area contributed by atoms with Gasteiger partial charge in [0.2, 0.25) is 0 Å². The first kappa shape index (κ1) is 11.5. The maximum Gasteiger partial charge on any atom is 0.340 e. The van der Waals surface area contributed by atoms with E-state index in [-0.39, 0.29) is 23.5 Å². The zero-order valence-corrected chi connectivity index (χ0v) is 8.65. The molecule has 0 spiro atoms. The number of aromatic hydroxyl groups is 1. The van der Waals surface area contributed by atoms with Crippen molar-refractivity contribution in [3.05, 3.63) is 23.0 Å². The predicted octanol–water partition coefficient (Wildman–Crippen LogP) is 0.765. The van der Waals surface area contributed by atoms with Gasteiger partial charge in [-0.3, -0.25) is 4.98 Å². The van der Waals surface area contributed by atoms with E-state index in [0.29, 0.717) is 5.69 Å². The number of esters is 1. The molecule has 0 saturated heterocycles. The summed E-state index contributed by atoms with van der Waals surface area (Å²) in [6.07, 6.45) is 1.29. The Balaban J connectivity index is 3.18. The summed E-state index contributed by atoms with van der Waals surface area (Å²) in [6, 6.07) is 0. The third-order valence-corrected chi connectivity index (χ3v) is 1.99. The second-order valence-electron chi connectivity index (χ2n) is 2.96. The summed E-state index contributed by atoms with van der Waals surface area (Å²) in [7, 11) is 0. The lowest BCUT2D eigenvalue weighted by Gasteiger charge is -2.09. The van der Waals surface area contributed by atoms with E-state index in [4.69, 9.17) is 9.84 Å². The second kappa shape index (κ2) is 4.75. The van der Waals surface area contributed by atoms with Gasteiger partial charge in [-0.1, -0.05) is 0 Å². The minimum Gasteiger partial charge on any atom is -0.506 e. The number of hydrogen-bond acceptors (Lipinski definition) is 5. The highest BCUT2D eigenvalue weighted by atomic mass is 16.5. The fourth-order valence-corrected chi connectivity index (χ4v) is 1.19. The molecule has 0 bridgehead atoms. The van der Waals surface area contributed by atoms with E-state index in [1.54, 1.807) is 13.8 Å². The molecule has 0 amide bonds. The molecule has 0 aliphatic carbocycles. The topological polar surface area (TPSA) is 79.7 Å². The molecule has 15 heavy (non-hydrogen) atoms. The largest absolute Gasteiger partial charge is 0.506 e. The van der Waals surface area contributed by atoms with E-state index >= 15 is 0 Å². The number of pyridine rings is 1. The number of aryl methyl sites for hydroxylation is 1. The van der Waals surface area contributed by atoms with Crippen LogP contribution in [-0.4, -0.2) is 27.8 Å². The Morgan fingerprint density at radius 3 is 2.80 bits per heavy atom. The molecule has 0 aliphatic heterocycles. The van der Waals surface area contributed by atoms with Crippen molar-refractivity contribution < 1.29 is 19.7 Å². The Hall–Kier alpha value is -1.62. The van der Waals surface area contributed by atoms with Gasteiger partial charge in [-0.15, -0.1) is 0 Å². The van der Waals surface area contributed by atoms with Crippen molar-refractivity contribution in [3.8, 4) is 5.75 Å². The molecule has 1 aromatic rings. The summed E-state index contributed by atoms with van der Waals surface area (Å²) in [4.78, 5) is 15.2. The number of carbonyl (C=O) groups excluding carboxylic acids is 1. The van der Waals surface area contributed by atoms with Crippen LogP contribution in [0.4, 0.5) is 0 Å². The second-order valence-corrected chi connectivity index (χ2v) is 2.96. The van der Waals surface area contributed by atoms with Gasteiger partial charge in [0.05, 0.1) is 24.5 Å². The first-order valence-corrected chi connectivity index (χ1v) is 4.57. The summed E-state index contributed by atoms with van der Waals surface area (Å²) in [5, 5.41) is 18.6. The van der Waals surface area contributed by atoms with Crippen molar-refractivity contribution in [2.75, 3.05) is 6.61 Å². The van der Waals surface area contributed by atoms with Crippen molar-refractivity contribution in [1.29, 1.82) is 0 Å². The number of aliphatic hydroxyl groups is 1. The van der Waals surface area contributed by atoms with Gasteiger partial charge in [-0.25, -0.2) is 4.79 Å². The van der Waals surface area contributed by atoms with Gasteiger partial charge in [0.15, 0.2) is 0 Å². The Kier molecular flexibility index (Phi) is 3.62. The van der Waals surface area contributed by atoms with Crippen LogP contribution < -0.4 is 0 Å². The van der Waals surface area contributed by atoms with Crippen LogP contribution in [0.3, 0.4) is 0 Å². The zero-order chi connectivity index (χ0) is 11.4. The van der Waals surface area contributed by atoms with E-state index in [1.165, 1.54) is 6.20 Å². The quantitative estimate of drug-likeness (QED) is 0.722. The van der Waals surface area contributed by atoms with Gasteiger partial charge in [0.25, 0.3) is 0 Å². The first-order chi connectivity index (χ1) is 7.11. The number of nitrogens with zero attached hydrogens (tertiary/aromatic N) is 1. The molecule has 0 aromatic carbocycles. The third kappa shape index (κ3) is 2.24. The van der Waals surface area contributed by atoms with E-state index in [1.807, 2.05) is 0 Å². The fraction of sp³-hybridized carbons (Fsp3) is 0.400. The van der Waals surface area contributed by atoms with E-state index in [9.17, 15) is 9.90 Å². The van der Waals surface area contributed by atoms with E-state index < -0.39 is 12.6 Å². The van der Waals surface area contributed by atoms with Gasteiger partial charge >= 0.3 is 5.97 Å². The molecule has 0 atom stereocenters. The lowest BCUT2D eigenvalue weighted by atomic mass is 10.1. The first-order valence-electron chi connectivity index (χ1n) is 4.57. The average molecular weight is 211 g/mol. The molecular formula is C10H13NO4. The van der Waals surface area contributed by atoms with Gasteiger partial charge in [0.1, 0.15) is 5.75 Å². The maximum atomic E-state index is 11.4. The molecule has 1 aromatic heterocycles. The van der Waals surface area contributed by atoms with Crippen LogP contribution in [-0.2, 0) is 11.3 Å². The van der Waals surface area contributed by atoms with Crippen LogP contribution in [0, 0.1) is 6.92 Å². The Morgan fingerprint density at radius 1 is 1.60 bits per heavy atom. The standard InChI is InChI=1S/C10H13NO4/c1-3-15-10(14)7-4-11-6(2)9(13)8(7)5-12/h4,12-13H,3,5H2,1-2H3. The molecule has 1 rings (SSSR count). The highest BCUT2D eigenvalue weighted by Gasteiger charge is 2.17. The number of ether oxygens (including phenoxy) is 1. The molecule has 0 aliphatic rings. The van der Waals surface area contributed by atoms with Gasteiger partial charge in [-0.05, 0) is 13.8 Å². The van der Waals surface area contributed by atoms with Crippen LogP contribution in [0.2, 0.25) is 0 Å². The fourth-order valence-electron chi connectivity index (χ4n) is 1.19. The van der Waals surface area contributed by atoms with Crippen molar-refractivity contribution >= 4 is 5.97 Å². The van der Waals surface area contributed by atoms with Gasteiger partial charge in [-0.2, -0.15) is 0 Å². The van der Waals surface area contributed by atoms with Crippen LogP contribution in [0.5, 0.6) is 5.75 Å². The number of hydrogen-bond donors (Lipinski definition) is 2. The molecule has 5 heteroatoms. The lowest BCUT2D eigenvalue weighted by molar-refractivity contribution is 0.0521. The third-order valence-electron chi connectivity index (χ3n) is 1.99. The van der Waals surface area contributed by atoms with Crippen LogP contribution >= 0.6 is 0 Å². The molecule has 1 heterocycles. The zero-order valence-electron chi connectivity index (χ0n) is 8.65. The average Bonchev–Trinajstić information content (AvgIpc) is 2.22. The molecule has 82 valence electrons. The molecule has 2 N–H and O–H groups in total. The van der Waals surface area contributed by atoms with Crippen molar-refractivity contribution in [2.24, 2.45) is 0 Å². The summed E-state index contributed by atoms with van der Waals surface area (Å²) in [5.74, 6) is -0.757. The number of aliphatic hydroxyl groups excluding tert-OH is 1. The Bertz CT molecular complexity index is 376. The smallest absolute Gasteiger partial charge is 0.340 e. The van der Waals surface area contributed by atoms with Crippen LogP contribution in [0.15, 0.2) is 6.20 Å². The molecule has 0 fully saturated rings. The molecule has 0 radical (unpaired) electrons. The molecule has 0 saturated carbocycles. The summed E-state index contributed by atoms with van der Waals surface area (Å²) in [6.45, 7) is 3.07. The van der Waals surface area contributed by atoms with Gasteiger partial charge < -0.3 is 14.9 Å². The Morgan fingerprint density at radius 2 is 2.27 bits per heavy atom. The van der Waals surface area contributed by atoms with Gasteiger partial charge in [0, 0.05) is 11.8 Å². The normalized spacial score (nSPS) is 10.1. The minimum absolute atomic E-state index is 0.0995. The number of carbonyl (C=O) groups is 1. The summed E-state index contributed by atoms with van der Waals surface area (Å²) in [5.41, 5.74) is 0.621. The summed E-state index contributed by atoms with van der Waals surface area (Å²) < 4.78 is 4.76. The predicted molar refractivity (Wildman–Crippen MR) is 52.5 cm³/mol. The van der Waals surface area contributed by atoms with E-state index in [0.717, 1.165) is 0 Å². The highest BCUT2D eigenvalue weighted by molar-refractivity contribution is 5.91. The van der Waals surface area contributed by atoms with Crippen molar-refractivity contribution in [3.63, 3.8) is 0 Å². The van der Waals surface area contributed by atoms with Crippen molar-refractivity contribution in [1.82, 2.24) is 4.98 Å². The molecule has 5 nitrogen and oxygen atoms in total. The maximum absolute atomic E-state index is 11.4. The highest BCUT2D eigenvalue weighted by Crippen LogP contribution is 2.24. The molecular weight excluding hydrogens is 198 g/mol. The molecule has 0 unspecified atom stereocenters. The van der Waals surface area contributed by atoms with Crippen LogP contribution in [0.25, 0.3) is 0 Å². The SMILES string of the molecule is CCOC(=O)c1cnc(C)c(O)c1CO. The van der Waals surface area contributed by atoms with Crippen molar-refractivity contribution in [2.45, 2.75) is 20.5 Å². The number of aromatic nitrogens is 1. The summed E-state index contributed by atoms with van der Waals surface area (Å²) >= 11 is 0.